The van der Waals surface area contributed by atoms with Crippen LogP contribution < -0.4 is 11.1 Å². The van der Waals surface area contributed by atoms with Crippen LogP contribution in [-0.2, 0) is 6.54 Å². The minimum absolute atomic E-state index is 0.291. The molecule has 0 radical (unpaired) electrons. The zero-order valence-corrected chi connectivity index (χ0v) is 8.43. The molecule has 1 heterocycles. The van der Waals surface area contributed by atoms with Crippen LogP contribution >= 0.6 is 11.8 Å². The van der Waals surface area contributed by atoms with E-state index in [4.69, 9.17) is 10.2 Å². The van der Waals surface area contributed by atoms with Gasteiger partial charge in [-0.15, -0.1) is 5.10 Å². The maximum atomic E-state index is 5.31. The molecule has 0 aliphatic rings. The van der Waals surface area contributed by atoms with Gasteiger partial charge in [0.2, 0.25) is 5.89 Å². The number of nitrogens with one attached hydrogen (secondary N) is 1. The van der Waals surface area contributed by atoms with E-state index < -0.39 is 0 Å². The van der Waals surface area contributed by atoms with E-state index in [2.05, 4.69) is 21.8 Å². The Morgan fingerprint density at radius 3 is 3.00 bits per heavy atom. The standard InChI is InChI=1S/C7H14N4OS/c1-13-4-2-3-9-7-11-10-6(5-8)12-7/h2-5,8H2,1H3,(H,9,11). The van der Waals surface area contributed by atoms with Crippen LogP contribution in [0.15, 0.2) is 4.42 Å². The molecule has 5 nitrogen and oxygen atoms in total. The summed E-state index contributed by atoms with van der Waals surface area (Å²) in [5, 5.41) is 10.5. The van der Waals surface area contributed by atoms with Gasteiger partial charge in [0.1, 0.15) is 0 Å². The van der Waals surface area contributed by atoms with Crippen LogP contribution in [-0.4, -0.2) is 28.8 Å². The fraction of sp³-hybridized carbons (Fsp3) is 0.714. The van der Waals surface area contributed by atoms with Crippen molar-refractivity contribution in [3.63, 3.8) is 0 Å². The lowest BCUT2D eigenvalue weighted by molar-refractivity contribution is 0.507. The molecule has 0 fully saturated rings. The van der Waals surface area contributed by atoms with E-state index in [-0.39, 0.29) is 0 Å². The van der Waals surface area contributed by atoms with Crippen molar-refractivity contribution in [1.29, 1.82) is 0 Å². The molecular formula is C7H14N4OS. The van der Waals surface area contributed by atoms with E-state index in [1.807, 2.05) is 11.8 Å². The van der Waals surface area contributed by atoms with E-state index >= 15 is 0 Å². The fourth-order valence-electron chi connectivity index (χ4n) is 0.819. The first-order chi connectivity index (χ1) is 6.36. The summed E-state index contributed by atoms with van der Waals surface area (Å²) in [6.07, 6.45) is 3.17. The Morgan fingerprint density at radius 2 is 2.38 bits per heavy atom. The van der Waals surface area contributed by atoms with Gasteiger partial charge in [-0.05, 0) is 18.4 Å². The van der Waals surface area contributed by atoms with E-state index in [0.29, 0.717) is 18.5 Å². The Labute approximate surface area is 81.5 Å². The monoisotopic (exact) mass is 202 g/mol. The van der Waals surface area contributed by atoms with Gasteiger partial charge in [-0.1, -0.05) is 5.10 Å². The van der Waals surface area contributed by atoms with Crippen LogP contribution in [0.1, 0.15) is 12.3 Å². The Kier molecular flexibility index (Phi) is 4.63. The Bertz CT molecular complexity index is 240. The van der Waals surface area contributed by atoms with Crippen LogP contribution in [0.4, 0.5) is 6.01 Å². The molecular weight excluding hydrogens is 188 g/mol. The number of nitrogens with zero attached hydrogens (tertiary/aromatic N) is 2. The van der Waals surface area contributed by atoms with Gasteiger partial charge in [0.25, 0.3) is 0 Å². The molecule has 1 rings (SSSR count). The quantitative estimate of drug-likeness (QED) is 0.661. The molecule has 1 aromatic rings. The van der Waals surface area contributed by atoms with Crippen molar-refractivity contribution in [2.75, 3.05) is 23.9 Å². The zero-order chi connectivity index (χ0) is 9.52. The predicted octanol–water partition coefficient (Wildman–Crippen LogP) is 0.693. The van der Waals surface area contributed by atoms with Crippen LogP contribution in [0.2, 0.25) is 0 Å². The second-order valence-corrected chi connectivity index (χ2v) is 3.46. The Morgan fingerprint density at radius 1 is 1.54 bits per heavy atom. The first-order valence-corrected chi connectivity index (χ1v) is 5.51. The second kappa shape index (κ2) is 5.82. The molecule has 0 aliphatic heterocycles. The first-order valence-electron chi connectivity index (χ1n) is 4.12. The summed E-state index contributed by atoms with van der Waals surface area (Å²) in [5.41, 5.74) is 5.31. The molecule has 13 heavy (non-hydrogen) atoms. The number of rotatable bonds is 6. The second-order valence-electron chi connectivity index (χ2n) is 2.48. The van der Waals surface area contributed by atoms with Gasteiger partial charge >= 0.3 is 6.01 Å². The van der Waals surface area contributed by atoms with Crippen molar-refractivity contribution in [2.24, 2.45) is 5.73 Å². The molecule has 74 valence electrons. The molecule has 6 heteroatoms. The smallest absolute Gasteiger partial charge is 0.315 e. The van der Waals surface area contributed by atoms with Gasteiger partial charge in [0, 0.05) is 6.54 Å². The lowest BCUT2D eigenvalue weighted by Gasteiger charge is -1.98. The van der Waals surface area contributed by atoms with Crippen molar-refractivity contribution >= 4 is 17.8 Å². The van der Waals surface area contributed by atoms with Crippen molar-refractivity contribution < 1.29 is 4.42 Å². The van der Waals surface area contributed by atoms with E-state index in [0.717, 1.165) is 18.7 Å². The summed E-state index contributed by atoms with van der Waals surface area (Å²) in [4.78, 5) is 0. The van der Waals surface area contributed by atoms with Crippen molar-refractivity contribution in [3.8, 4) is 0 Å². The number of hydrogen-bond donors (Lipinski definition) is 2. The number of anilines is 1. The van der Waals surface area contributed by atoms with Crippen LogP contribution in [0.3, 0.4) is 0 Å². The summed E-state index contributed by atoms with van der Waals surface area (Å²) in [7, 11) is 0. The molecule has 0 amide bonds. The fourth-order valence-corrected chi connectivity index (χ4v) is 1.25. The maximum absolute atomic E-state index is 5.31. The topological polar surface area (TPSA) is 77.0 Å². The van der Waals surface area contributed by atoms with E-state index in [9.17, 15) is 0 Å². The molecule has 0 bridgehead atoms. The molecule has 1 aromatic heterocycles. The molecule has 0 saturated heterocycles. The third-order valence-corrected chi connectivity index (χ3v) is 2.14. The molecule has 0 spiro atoms. The van der Waals surface area contributed by atoms with Gasteiger partial charge in [-0.2, -0.15) is 11.8 Å². The molecule has 0 unspecified atom stereocenters. The van der Waals surface area contributed by atoms with Gasteiger partial charge in [0.15, 0.2) is 0 Å². The highest BCUT2D eigenvalue weighted by Gasteiger charge is 2.01. The molecule has 0 aromatic carbocycles. The van der Waals surface area contributed by atoms with Crippen molar-refractivity contribution in [3.05, 3.63) is 5.89 Å². The number of nitrogens with two attached hydrogens (primary N) is 1. The SMILES string of the molecule is CSCCCNc1nnc(CN)o1. The highest BCUT2D eigenvalue weighted by Crippen LogP contribution is 2.04. The van der Waals surface area contributed by atoms with E-state index in [1.165, 1.54) is 0 Å². The predicted molar refractivity (Wildman–Crippen MR) is 53.7 cm³/mol. The lowest BCUT2D eigenvalue weighted by atomic mass is 10.5. The number of aromatic nitrogens is 2. The van der Waals surface area contributed by atoms with Gasteiger partial charge in [-0.3, -0.25) is 0 Å². The maximum Gasteiger partial charge on any atom is 0.315 e. The van der Waals surface area contributed by atoms with Crippen LogP contribution in [0.5, 0.6) is 0 Å². The first kappa shape index (κ1) is 10.3. The Hall–Kier alpha value is -0.750. The lowest BCUT2D eigenvalue weighted by Crippen LogP contribution is -2.02. The number of thioether (sulfide) groups is 1. The summed E-state index contributed by atoms with van der Waals surface area (Å²) in [5.74, 6) is 1.59. The summed E-state index contributed by atoms with van der Waals surface area (Å²) >= 11 is 1.82. The van der Waals surface area contributed by atoms with Gasteiger partial charge < -0.3 is 15.5 Å². The largest absolute Gasteiger partial charge is 0.407 e. The third kappa shape index (κ3) is 3.65. The highest BCUT2D eigenvalue weighted by atomic mass is 32.2. The molecule has 0 saturated carbocycles. The number of hydrogen-bond acceptors (Lipinski definition) is 6. The van der Waals surface area contributed by atoms with Gasteiger partial charge in [-0.25, -0.2) is 0 Å². The average Bonchev–Trinajstić information content (AvgIpc) is 2.60. The minimum Gasteiger partial charge on any atom is -0.407 e. The van der Waals surface area contributed by atoms with E-state index in [1.54, 1.807) is 0 Å². The van der Waals surface area contributed by atoms with Gasteiger partial charge in [0.05, 0.1) is 6.54 Å². The van der Waals surface area contributed by atoms with Crippen molar-refractivity contribution in [1.82, 2.24) is 10.2 Å². The van der Waals surface area contributed by atoms with Crippen LogP contribution in [0.25, 0.3) is 0 Å². The van der Waals surface area contributed by atoms with Crippen LogP contribution in [0, 0.1) is 0 Å². The summed E-state index contributed by atoms with van der Waals surface area (Å²) in [6.45, 7) is 1.15. The average molecular weight is 202 g/mol. The normalized spacial score (nSPS) is 10.3. The third-order valence-electron chi connectivity index (χ3n) is 1.44. The Balaban J connectivity index is 2.20. The minimum atomic E-state index is 0.291. The summed E-state index contributed by atoms with van der Waals surface area (Å²) < 4.78 is 5.15. The van der Waals surface area contributed by atoms with Crippen molar-refractivity contribution in [2.45, 2.75) is 13.0 Å². The molecule has 3 N–H and O–H groups in total. The zero-order valence-electron chi connectivity index (χ0n) is 7.62. The summed E-state index contributed by atoms with van der Waals surface area (Å²) in [6, 6.07) is 0.460. The molecule has 0 atom stereocenters. The highest BCUT2D eigenvalue weighted by molar-refractivity contribution is 7.98. The molecule has 0 aliphatic carbocycles.